The number of quaternary nitrogens is 1. The topological polar surface area (TPSA) is 26.4 Å². The van der Waals surface area contributed by atoms with Crippen LogP contribution in [0.2, 0.25) is 10.0 Å². The summed E-state index contributed by atoms with van der Waals surface area (Å²) in [6.45, 7) is 4.00. The van der Waals surface area contributed by atoms with E-state index < -0.39 is 0 Å². The lowest BCUT2D eigenvalue weighted by atomic mass is 9.83. The Bertz CT molecular complexity index is 802. The van der Waals surface area contributed by atoms with Gasteiger partial charge in [-0.2, -0.15) is 0 Å². The first kappa shape index (κ1) is 15.3. The van der Waals surface area contributed by atoms with E-state index in [4.69, 9.17) is 23.2 Å². The quantitative estimate of drug-likeness (QED) is 0.884. The van der Waals surface area contributed by atoms with Crippen LogP contribution < -0.4 is 10.5 Å². The number of halogens is 2. The molecule has 120 valence electrons. The van der Waals surface area contributed by atoms with Gasteiger partial charge in [0.15, 0.2) is 0 Å². The highest BCUT2D eigenvalue weighted by molar-refractivity contribution is 6.42. The van der Waals surface area contributed by atoms with Crippen molar-refractivity contribution in [3.8, 4) is 0 Å². The third-order valence-corrected chi connectivity index (χ3v) is 5.85. The van der Waals surface area contributed by atoms with Gasteiger partial charge in [0.05, 0.1) is 23.1 Å². The number of hydrogen-bond acceptors (Lipinski definition) is 1. The Kier molecular flexibility index (Phi) is 3.96. The van der Waals surface area contributed by atoms with Gasteiger partial charge < -0.3 is 9.47 Å². The molecule has 5 heteroatoms. The number of aromatic nitrogens is 1. The SMILES string of the molecule is O=c1cccc2n1C[C@H]1C[C@@H]2C[NH+](Cc2ccc(Cl)c(Cl)c2)C1. The van der Waals surface area contributed by atoms with E-state index in [2.05, 4.69) is 12.1 Å². The van der Waals surface area contributed by atoms with E-state index in [0.717, 1.165) is 26.2 Å². The third kappa shape index (κ3) is 2.93. The molecule has 0 amide bonds. The molecular formula is C18H19Cl2N2O+. The van der Waals surface area contributed by atoms with Crippen molar-refractivity contribution in [3.05, 3.63) is 68.1 Å². The van der Waals surface area contributed by atoms with E-state index >= 15 is 0 Å². The van der Waals surface area contributed by atoms with Crippen LogP contribution in [0.15, 0.2) is 41.2 Å². The van der Waals surface area contributed by atoms with E-state index in [1.54, 1.807) is 11.0 Å². The van der Waals surface area contributed by atoms with Crippen LogP contribution in [0.4, 0.5) is 0 Å². The molecule has 1 saturated heterocycles. The minimum Gasteiger partial charge on any atom is -0.330 e. The largest absolute Gasteiger partial charge is 0.330 e. The third-order valence-electron chi connectivity index (χ3n) is 5.11. The van der Waals surface area contributed by atoms with Crippen LogP contribution in [0, 0.1) is 5.92 Å². The van der Waals surface area contributed by atoms with E-state index in [1.807, 2.05) is 22.8 Å². The number of rotatable bonds is 2. The lowest BCUT2D eigenvalue weighted by Gasteiger charge is -2.40. The zero-order valence-corrected chi connectivity index (χ0v) is 14.3. The number of pyridine rings is 1. The van der Waals surface area contributed by atoms with Crippen molar-refractivity contribution >= 4 is 23.2 Å². The lowest BCUT2D eigenvalue weighted by molar-refractivity contribution is -0.924. The summed E-state index contributed by atoms with van der Waals surface area (Å²) in [5.74, 6) is 1.06. The summed E-state index contributed by atoms with van der Waals surface area (Å²) < 4.78 is 1.98. The molecule has 1 aromatic carbocycles. The highest BCUT2D eigenvalue weighted by atomic mass is 35.5. The Morgan fingerprint density at radius 3 is 2.83 bits per heavy atom. The molecule has 3 atom stereocenters. The number of benzene rings is 1. The van der Waals surface area contributed by atoms with Crippen molar-refractivity contribution in [3.63, 3.8) is 0 Å². The summed E-state index contributed by atoms with van der Waals surface area (Å²) in [6.07, 6.45) is 1.20. The van der Waals surface area contributed by atoms with Gasteiger partial charge in [0.2, 0.25) is 0 Å². The van der Waals surface area contributed by atoms with Crippen LogP contribution in [-0.2, 0) is 13.1 Å². The van der Waals surface area contributed by atoms with Crippen LogP contribution in [0.25, 0.3) is 0 Å². The van der Waals surface area contributed by atoms with Gasteiger partial charge in [-0.15, -0.1) is 0 Å². The van der Waals surface area contributed by atoms with Crippen molar-refractivity contribution in [2.24, 2.45) is 5.92 Å². The van der Waals surface area contributed by atoms with Gasteiger partial charge in [-0.3, -0.25) is 4.79 Å². The summed E-state index contributed by atoms with van der Waals surface area (Å²) in [6, 6.07) is 11.6. The number of hydrogen-bond donors (Lipinski definition) is 1. The Balaban J connectivity index is 1.56. The molecule has 3 heterocycles. The lowest BCUT2D eigenvalue weighted by Crippen LogP contribution is -3.13. The molecule has 2 aromatic rings. The fourth-order valence-corrected chi connectivity index (χ4v) is 4.52. The maximum Gasteiger partial charge on any atom is 0.250 e. The van der Waals surface area contributed by atoms with E-state index in [-0.39, 0.29) is 5.56 Å². The Labute approximate surface area is 145 Å². The second kappa shape index (κ2) is 5.97. The van der Waals surface area contributed by atoms with Crippen molar-refractivity contribution < 1.29 is 4.90 Å². The molecule has 0 saturated carbocycles. The molecule has 0 aliphatic carbocycles. The molecule has 0 spiro atoms. The molecule has 0 radical (unpaired) electrons. The average molecular weight is 350 g/mol. The average Bonchev–Trinajstić information content (AvgIpc) is 2.52. The van der Waals surface area contributed by atoms with Crippen LogP contribution in [0.5, 0.6) is 0 Å². The molecule has 1 unspecified atom stereocenters. The summed E-state index contributed by atoms with van der Waals surface area (Å²) in [7, 11) is 0. The summed E-state index contributed by atoms with van der Waals surface area (Å²) in [5, 5.41) is 1.23. The zero-order chi connectivity index (χ0) is 16.0. The fourth-order valence-electron chi connectivity index (χ4n) is 4.20. The first-order chi connectivity index (χ1) is 11.1. The van der Waals surface area contributed by atoms with Crippen molar-refractivity contribution in [1.82, 2.24) is 4.57 Å². The van der Waals surface area contributed by atoms with Gasteiger partial charge in [-0.05, 0) is 24.6 Å². The number of piperidine rings is 1. The molecule has 2 aliphatic heterocycles. The Morgan fingerprint density at radius 2 is 2.00 bits per heavy atom. The molecule has 1 aromatic heterocycles. The monoisotopic (exact) mass is 349 g/mol. The van der Waals surface area contributed by atoms with Gasteiger partial charge >= 0.3 is 0 Å². The summed E-state index contributed by atoms with van der Waals surface area (Å²) in [5.41, 5.74) is 2.57. The van der Waals surface area contributed by atoms with E-state index in [0.29, 0.717) is 21.9 Å². The smallest absolute Gasteiger partial charge is 0.250 e. The number of nitrogens with one attached hydrogen (secondary N) is 1. The minimum absolute atomic E-state index is 0.144. The molecule has 2 bridgehead atoms. The zero-order valence-electron chi connectivity index (χ0n) is 12.8. The predicted molar refractivity (Wildman–Crippen MR) is 92.4 cm³/mol. The molecule has 3 nitrogen and oxygen atoms in total. The van der Waals surface area contributed by atoms with E-state index in [9.17, 15) is 4.79 Å². The van der Waals surface area contributed by atoms with Gasteiger partial charge in [-0.25, -0.2) is 0 Å². The van der Waals surface area contributed by atoms with Crippen LogP contribution >= 0.6 is 23.2 Å². The van der Waals surface area contributed by atoms with Crippen LogP contribution in [-0.4, -0.2) is 17.7 Å². The Morgan fingerprint density at radius 1 is 1.13 bits per heavy atom. The first-order valence-corrected chi connectivity index (χ1v) is 8.83. The highest BCUT2D eigenvalue weighted by Gasteiger charge is 2.37. The number of fused-ring (bicyclic) bond motifs is 4. The van der Waals surface area contributed by atoms with Gasteiger partial charge in [-0.1, -0.05) is 35.3 Å². The molecule has 2 aliphatic rings. The summed E-state index contributed by atoms with van der Waals surface area (Å²) in [4.78, 5) is 13.6. The molecule has 4 rings (SSSR count). The maximum absolute atomic E-state index is 12.1. The van der Waals surface area contributed by atoms with Gasteiger partial charge in [0, 0.05) is 35.7 Å². The fraction of sp³-hybridized carbons (Fsp3) is 0.389. The van der Waals surface area contributed by atoms with Crippen LogP contribution in [0.3, 0.4) is 0 Å². The molecular weight excluding hydrogens is 331 g/mol. The number of nitrogens with zero attached hydrogens (tertiary/aromatic N) is 1. The minimum atomic E-state index is 0.144. The van der Waals surface area contributed by atoms with Crippen molar-refractivity contribution in [2.75, 3.05) is 13.1 Å². The second-order valence-electron chi connectivity index (χ2n) is 6.78. The predicted octanol–water partition coefficient (Wildman–Crippen LogP) is 2.36. The standard InChI is InChI=1S/C18H18Cl2N2O/c19-15-5-4-12(7-16(15)20)8-21-9-13-6-14(11-21)17-2-1-3-18(23)22(17)10-13/h1-5,7,13-14H,6,8-11H2/p+1/t13-,14+/m0/s1. The first-order valence-electron chi connectivity index (χ1n) is 8.07. The van der Waals surface area contributed by atoms with Gasteiger partial charge in [0.1, 0.15) is 6.54 Å². The number of likely N-dealkylation sites (tertiary alicyclic amines) is 1. The second-order valence-corrected chi connectivity index (χ2v) is 7.60. The van der Waals surface area contributed by atoms with Gasteiger partial charge in [0.25, 0.3) is 5.56 Å². The molecule has 23 heavy (non-hydrogen) atoms. The molecule has 1 fully saturated rings. The van der Waals surface area contributed by atoms with E-state index in [1.165, 1.54) is 17.7 Å². The van der Waals surface area contributed by atoms with Crippen LogP contribution in [0.1, 0.15) is 23.6 Å². The normalized spacial score (nSPS) is 25.9. The molecule has 1 N–H and O–H groups in total. The van der Waals surface area contributed by atoms with Crippen molar-refractivity contribution in [1.29, 1.82) is 0 Å². The summed E-state index contributed by atoms with van der Waals surface area (Å²) >= 11 is 12.1. The Hall–Kier alpha value is -1.29. The van der Waals surface area contributed by atoms with Crippen molar-refractivity contribution in [2.45, 2.75) is 25.4 Å². The highest BCUT2D eigenvalue weighted by Crippen LogP contribution is 2.30. The maximum atomic E-state index is 12.1.